The fraction of sp³-hybridized carbons (Fsp3) is 0.263. The molecule has 140 valence electrons. The Hall–Kier alpha value is -2.74. The molecule has 0 fully saturated rings. The number of nitrogens with zero attached hydrogens (tertiary/aromatic N) is 3. The van der Waals surface area contributed by atoms with Crippen molar-refractivity contribution in [2.45, 2.75) is 26.3 Å². The van der Waals surface area contributed by atoms with Crippen molar-refractivity contribution < 1.29 is 9.21 Å². The van der Waals surface area contributed by atoms with E-state index in [0.29, 0.717) is 40.5 Å². The molecule has 0 saturated carbocycles. The first-order chi connectivity index (χ1) is 12.9. The molecule has 0 radical (unpaired) electrons. The van der Waals surface area contributed by atoms with E-state index < -0.39 is 0 Å². The number of pyridine rings is 1. The van der Waals surface area contributed by atoms with Gasteiger partial charge in [0.15, 0.2) is 4.67 Å². The minimum Gasteiger partial charge on any atom is -0.452 e. The van der Waals surface area contributed by atoms with Gasteiger partial charge in [0, 0.05) is 42.7 Å². The smallest absolute Gasteiger partial charge is 0.254 e. The molecule has 0 spiro atoms. The number of aromatic nitrogens is 3. The maximum Gasteiger partial charge on any atom is 0.254 e. The summed E-state index contributed by atoms with van der Waals surface area (Å²) < 4.78 is 6.04. The molecule has 0 aromatic carbocycles. The van der Waals surface area contributed by atoms with Crippen LogP contribution in [0.15, 0.2) is 50.5 Å². The lowest BCUT2D eigenvalue weighted by Gasteiger charge is -2.16. The summed E-state index contributed by atoms with van der Waals surface area (Å²) in [6, 6.07) is 7.16. The largest absolute Gasteiger partial charge is 0.452 e. The second kappa shape index (κ2) is 8.30. The number of nitrogens with one attached hydrogen (secondary N) is 1. The molecule has 3 heterocycles. The number of rotatable bonds is 6. The van der Waals surface area contributed by atoms with Gasteiger partial charge in [-0.2, -0.15) is 0 Å². The van der Waals surface area contributed by atoms with Gasteiger partial charge in [-0.05, 0) is 53.5 Å². The van der Waals surface area contributed by atoms with E-state index in [1.54, 1.807) is 49.5 Å². The van der Waals surface area contributed by atoms with Crippen molar-refractivity contribution in [1.82, 2.24) is 19.9 Å². The molecule has 27 heavy (non-hydrogen) atoms. The summed E-state index contributed by atoms with van der Waals surface area (Å²) in [5.41, 5.74) is 1.71. The Bertz CT molecular complexity index is 998. The van der Waals surface area contributed by atoms with Crippen molar-refractivity contribution in [3.63, 3.8) is 0 Å². The molecule has 3 rings (SSSR count). The Labute approximate surface area is 164 Å². The average molecular weight is 431 g/mol. The van der Waals surface area contributed by atoms with Crippen molar-refractivity contribution in [3.05, 3.63) is 68.7 Å². The standard InChI is InChI=1S/C19H19BrN4O3/c1-12-15(19(26)23-18(22-12)13-7-9-21-10-8-13)4-6-17(25)24(2)11-14-3-5-16(20)27-14/h3,5,7-10H,4,6,11H2,1-2H3,(H,22,23,26). The van der Waals surface area contributed by atoms with Gasteiger partial charge in [-0.15, -0.1) is 0 Å². The van der Waals surface area contributed by atoms with Gasteiger partial charge in [-0.3, -0.25) is 14.6 Å². The van der Waals surface area contributed by atoms with Crippen LogP contribution in [0.3, 0.4) is 0 Å². The zero-order valence-electron chi connectivity index (χ0n) is 15.0. The van der Waals surface area contributed by atoms with Gasteiger partial charge in [0.25, 0.3) is 5.56 Å². The van der Waals surface area contributed by atoms with Crippen LogP contribution in [0.4, 0.5) is 0 Å². The van der Waals surface area contributed by atoms with Gasteiger partial charge in [-0.1, -0.05) is 0 Å². The van der Waals surface area contributed by atoms with Crippen molar-refractivity contribution in [2.75, 3.05) is 7.05 Å². The SMILES string of the molecule is Cc1nc(-c2ccncc2)[nH]c(=O)c1CCC(=O)N(C)Cc1ccc(Br)o1. The minimum atomic E-state index is -0.222. The summed E-state index contributed by atoms with van der Waals surface area (Å²) in [6.07, 6.45) is 3.84. The van der Waals surface area contributed by atoms with Crippen molar-refractivity contribution in [1.29, 1.82) is 0 Å². The predicted molar refractivity (Wildman–Crippen MR) is 104 cm³/mol. The quantitative estimate of drug-likeness (QED) is 0.648. The third kappa shape index (κ3) is 4.71. The number of hydrogen-bond acceptors (Lipinski definition) is 5. The lowest BCUT2D eigenvalue weighted by molar-refractivity contribution is -0.130. The summed E-state index contributed by atoms with van der Waals surface area (Å²) in [7, 11) is 1.71. The van der Waals surface area contributed by atoms with Gasteiger partial charge < -0.3 is 14.3 Å². The molecule has 0 bridgehead atoms. The topological polar surface area (TPSA) is 92.1 Å². The Balaban J connectivity index is 1.67. The number of aromatic amines is 1. The van der Waals surface area contributed by atoms with Gasteiger partial charge in [0.1, 0.15) is 11.6 Å². The summed E-state index contributed by atoms with van der Waals surface area (Å²) >= 11 is 3.24. The Morgan fingerprint density at radius 3 is 2.63 bits per heavy atom. The fourth-order valence-corrected chi connectivity index (χ4v) is 3.07. The van der Waals surface area contributed by atoms with Crippen LogP contribution in [0.5, 0.6) is 0 Å². The molecule has 0 aliphatic rings. The number of aryl methyl sites for hydroxylation is 1. The number of amides is 1. The predicted octanol–water partition coefficient (Wildman–Crippen LogP) is 3.09. The molecule has 0 unspecified atom stereocenters. The first-order valence-corrected chi connectivity index (χ1v) is 9.21. The summed E-state index contributed by atoms with van der Waals surface area (Å²) in [6.45, 7) is 2.16. The Morgan fingerprint density at radius 2 is 2.00 bits per heavy atom. The molecule has 0 saturated heterocycles. The highest BCUT2D eigenvalue weighted by atomic mass is 79.9. The average Bonchev–Trinajstić information content (AvgIpc) is 3.06. The molecular weight excluding hydrogens is 412 g/mol. The molecule has 0 aliphatic heterocycles. The maximum atomic E-state index is 12.5. The summed E-state index contributed by atoms with van der Waals surface area (Å²) in [4.78, 5) is 37.6. The van der Waals surface area contributed by atoms with Gasteiger partial charge in [-0.25, -0.2) is 4.98 Å². The summed E-state index contributed by atoms with van der Waals surface area (Å²) in [5, 5.41) is 0. The number of halogens is 1. The third-order valence-electron chi connectivity index (χ3n) is 4.21. The van der Waals surface area contributed by atoms with Crippen LogP contribution in [0.2, 0.25) is 0 Å². The molecule has 1 amide bonds. The van der Waals surface area contributed by atoms with Crippen LogP contribution in [0.25, 0.3) is 11.4 Å². The highest BCUT2D eigenvalue weighted by molar-refractivity contribution is 9.10. The number of H-pyrrole nitrogens is 1. The summed E-state index contributed by atoms with van der Waals surface area (Å²) in [5.74, 6) is 1.12. The molecule has 3 aromatic heterocycles. The van der Waals surface area contributed by atoms with Crippen LogP contribution in [0, 0.1) is 6.92 Å². The van der Waals surface area contributed by atoms with E-state index in [1.165, 1.54) is 0 Å². The van der Waals surface area contributed by atoms with E-state index in [0.717, 1.165) is 5.56 Å². The molecule has 0 aliphatic carbocycles. The number of hydrogen-bond donors (Lipinski definition) is 1. The van der Waals surface area contributed by atoms with E-state index >= 15 is 0 Å². The zero-order valence-corrected chi connectivity index (χ0v) is 16.6. The van der Waals surface area contributed by atoms with Crippen LogP contribution in [-0.4, -0.2) is 32.8 Å². The Morgan fingerprint density at radius 1 is 1.26 bits per heavy atom. The van der Waals surface area contributed by atoms with Crippen LogP contribution >= 0.6 is 15.9 Å². The van der Waals surface area contributed by atoms with Crippen LogP contribution < -0.4 is 5.56 Å². The highest BCUT2D eigenvalue weighted by Crippen LogP contribution is 2.16. The fourth-order valence-electron chi connectivity index (χ4n) is 2.73. The monoisotopic (exact) mass is 430 g/mol. The number of carbonyl (C=O) groups is 1. The molecule has 7 nitrogen and oxygen atoms in total. The molecule has 8 heteroatoms. The van der Waals surface area contributed by atoms with E-state index in [1.807, 2.05) is 6.07 Å². The van der Waals surface area contributed by atoms with Gasteiger partial charge in [0.2, 0.25) is 5.91 Å². The van der Waals surface area contributed by atoms with E-state index in [2.05, 4.69) is 30.9 Å². The minimum absolute atomic E-state index is 0.0699. The lowest BCUT2D eigenvalue weighted by atomic mass is 10.1. The first kappa shape index (κ1) is 19.0. The van der Waals surface area contributed by atoms with E-state index in [9.17, 15) is 9.59 Å². The second-order valence-corrected chi connectivity index (χ2v) is 6.95. The van der Waals surface area contributed by atoms with Crippen molar-refractivity contribution in [2.24, 2.45) is 0 Å². The van der Waals surface area contributed by atoms with Crippen molar-refractivity contribution >= 4 is 21.8 Å². The molecule has 0 atom stereocenters. The zero-order chi connectivity index (χ0) is 19.4. The third-order valence-corrected chi connectivity index (χ3v) is 4.64. The van der Waals surface area contributed by atoms with Gasteiger partial charge in [0.05, 0.1) is 6.54 Å². The Kier molecular flexibility index (Phi) is 5.85. The number of carbonyl (C=O) groups excluding carboxylic acids is 1. The van der Waals surface area contributed by atoms with Crippen LogP contribution in [-0.2, 0) is 17.8 Å². The molecule has 3 aromatic rings. The lowest BCUT2D eigenvalue weighted by Crippen LogP contribution is -2.27. The van der Waals surface area contributed by atoms with E-state index in [-0.39, 0.29) is 17.9 Å². The number of furan rings is 1. The van der Waals surface area contributed by atoms with Crippen LogP contribution in [0.1, 0.15) is 23.4 Å². The van der Waals surface area contributed by atoms with Gasteiger partial charge >= 0.3 is 0 Å². The first-order valence-electron chi connectivity index (χ1n) is 8.42. The highest BCUT2D eigenvalue weighted by Gasteiger charge is 2.15. The van der Waals surface area contributed by atoms with Crippen molar-refractivity contribution in [3.8, 4) is 11.4 Å². The normalized spacial score (nSPS) is 10.8. The molecule has 1 N–H and O–H groups in total. The van der Waals surface area contributed by atoms with E-state index in [4.69, 9.17) is 4.42 Å². The second-order valence-electron chi connectivity index (χ2n) is 6.17. The molecular formula is C19H19BrN4O3. The maximum absolute atomic E-state index is 12.5.